The SMILES string of the molecule is CC(C)C(Nc1c(F)cc(F)cc1F)C(=O)O. The molecule has 0 heterocycles. The van der Waals surface area contributed by atoms with Gasteiger partial charge in [-0.15, -0.1) is 0 Å². The van der Waals surface area contributed by atoms with Gasteiger partial charge < -0.3 is 10.4 Å². The topological polar surface area (TPSA) is 49.3 Å². The van der Waals surface area contributed by atoms with Gasteiger partial charge in [-0.3, -0.25) is 0 Å². The van der Waals surface area contributed by atoms with Crippen LogP contribution in [0.3, 0.4) is 0 Å². The summed E-state index contributed by atoms with van der Waals surface area (Å²) < 4.78 is 39.2. The van der Waals surface area contributed by atoms with Gasteiger partial charge in [-0.2, -0.15) is 0 Å². The van der Waals surface area contributed by atoms with Gasteiger partial charge in [0, 0.05) is 12.1 Å². The van der Waals surface area contributed by atoms with E-state index in [0.29, 0.717) is 12.1 Å². The lowest BCUT2D eigenvalue weighted by atomic mass is 10.0. The first-order valence-corrected chi connectivity index (χ1v) is 4.96. The summed E-state index contributed by atoms with van der Waals surface area (Å²) in [6.07, 6.45) is 0. The van der Waals surface area contributed by atoms with Gasteiger partial charge in [0.05, 0.1) is 0 Å². The number of rotatable bonds is 4. The van der Waals surface area contributed by atoms with E-state index in [1.54, 1.807) is 13.8 Å². The number of carbonyl (C=O) groups is 1. The zero-order valence-electron chi connectivity index (χ0n) is 9.30. The maximum atomic E-state index is 13.3. The molecule has 94 valence electrons. The zero-order chi connectivity index (χ0) is 13.2. The van der Waals surface area contributed by atoms with E-state index < -0.39 is 35.2 Å². The van der Waals surface area contributed by atoms with Gasteiger partial charge in [0.1, 0.15) is 17.5 Å². The summed E-state index contributed by atoms with van der Waals surface area (Å²) in [5.74, 6) is -4.98. The van der Waals surface area contributed by atoms with E-state index in [2.05, 4.69) is 5.32 Å². The molecule has 0 saturated carbocycles. The van der Waals surface area contributed by atoms with Crippen molar-refractivity contribution in [2.45, 2.75) is 19.9 Å². The molecule has 0 spiro atoms. The lowest BCUT2D eigenvalue weighted by Crippen LogP contribution is -2.35. The normalized spacial score (nSPS) is 12.6. The summed E-state index contributed by atoms with van der Waals surface area (Å²) in [7, 11) is 0. The van der Waals surface area contributed by atoms with Gasteiger partial charge >= 0.3 is 5.97 Å². The second kappa shape index (κ2) is 5.07. The molecule has 2 N–H and O–H groups in total. The maximum absolute atomic E-state index is 13.3. The summed E-state index contributed by atoms with van der Waals surface area (Å²) >= 11 is 0. The molecule has 0 aromatic heterocycles. The Kier molecular flexibility index (Phi) is 3.98. The van der Waals surface area contributed by atoms with Gasteiger partial charge in [0.15, 0.2) is 11.6 Å². The Morgan fingerprint density at radius 2 is 1.71 bits per heavy atom. The van der Waals surface area contributed by atoms with Crippen LogP contribution in [0, 0.1) is 23.4 Å². The summed E-state index contributed by atoms with van der Waals surface area (Å²) in [4.78, 5) is 10.9. The molecule has 0 radical (unpaired) electrons. The van der Waals surface area contributed by atoms with Gasteiger partial charge in [-0.05, 0) is 5.92 Å². The van der Waals surface area contributed by atoms with Crippen molar-refractivity contribution in [3.63, 3.8) is 0 Å². The number of benzene rings is 1. The first-order valence-electron chi connectivity index (χ1n) is 4.96. The average molecular weight is 247 g/mol. The van der Waals surface area contributed by atoms with E-state index in [9.17, 15) is 18.0 Å². The van der Waals surface area contributed by atoms with Gasteiger partial charge in [0.25, 0.3) is 0 Å². The molecule has 1 rings (SSSR count). The molecule has 0 saturated heterocycles. The molecule has 0 amide bonds. The monoisotopic (exact) mass is 247 g/mol. The Hall–Kier alpha value is -1.72. The van der Waals surface area contributed by atoms with E-state index in [0.717, 1.165) is 0 Å². The molecule has 0 fully saturated rings. The van der Waals surface area contributed by atoms with Crippen LogP contribution in [0.5, 0.6) is 0 Å². The minimum Gasteiger partial charge on any atom is -0.480 e. The fraction of sp³-hybridized carbons (Fsp3) is 0.364. The van der Waals surface area contributed by atoms with Crippen molar-refractivity contribution >= 4 is 11.7 Å². The number of hydrogen-bond acceptors (Lipinski definition) is 2. The molecule has 1 aromatic rings. The molecule has 0 aliphatic carbocycles. The Balaban J connectivity index is 3.05. The van der Waals surface area contributed by atoms with Crippen molar-refractivity contribution in [1.82, 2.24) is 0 Å². The Bertz CT molecular complexity index is 412. The quantitative estimate of drug-likeness (QED) is 0.859. The van der Waals surface area contributed by atoms with Crippen LogP contribution in [0.25, 0.3) is 0 Å². The molecule has 1 aromatic carbocycles. The Labute approximate surface area is 96.3 Å². The molecule has 3 nitrogen and oxygen atoms in total. The summed E-state index contributed by atoms with van der Waals surface area (Å²) in [6.45, 7) is 3.18. The van der Waals surface area contributed by atoms with Gasteiger partial charge in [-0.25, -0.2) is 18.0 Å². The number of carboxylic acid groups (broad SMARTS) is 1. The third-order valence-corrected chi connectivity index (χ3v) is 2.24. The number of carboxylic acids is 1. The lowest BCUT2D eigenvalue weighted by Gasteiger charge is -2.19. The number of hydrogen-bond donors (Lipinski definition) is 2. The van der Waals surface area contributed by atoms with Crippen LogP contribution >= 0.6 is 0 Å². The predicted octanol–water partition coefficient (Wildman–Crippen LogP) is 2.62. The Morgan fingerprint density at radius 3 is 2.06 bits per heavy atom. The van der Waals surface area contributed by atoms with Crippen molar-refractivity contribution in [3.8, 4) is 0 Å². The maximum Gasteiger partial charge on any atom is 0.326 e. The van der Waals surface area contributed by atoms with Gasteiger partial charge in [0.2, 0.25) is 0 Å². The third-order valence-electron chi connectivity index (χ3n) is 2.24. The first-order chi connectivity index (χ1) is 7.82. The van der Waals surface area contributed by atoms with Crippen molar-refractivity contribution in [2.24, 2.45) is 5.92 Å². The van der Waals surface area contributed by atoms with Crippen molar-refractivity contribution < 1.29 is 23.1 Å². The molecule has 0 bridgehead atoms. The molecule has 1 atom stereocenters. The van der Waals surface area contributed by atoms with Crippen LogP contribution in [0.1, 0.15) is 13.8 Å². The van der Waals surface area contributed by atoms with E-state index in [-0.39, 0.29) is 5.92 Å². The lowest BCUT2D eigenvalue weighted by molar-refractivity contribution is -0.138. The van der Waals surface area contributed by atoms with Crippen LogP contribution in [0.4, 0.5) is 18.9 Å². The van der Waals surface area contributed by atoms with Crippen LogP contribution in [0.15, 0.2) is 12.1 Å². The molecule has 17 heavy (non-hydrogen) atoms. The van der Waals surface area contributed by atoms with E-state index in [4.69, 9.17) is 5.11 Å². The summed E-state index contributed by atoms with van der Waals surface area (Å²) in [5.41, 5.74) is -0.632. The molecular weight excluding hydrogens is 235 g/mol. The second-order valence-corrected chi connectivity index (χ2v) is 3.95. The van der Waals surface area contributed by atoms with E-state index >= 15 is 0 Å². The number of aliphatic carboxylic acids is 1. The number of anilines is 1. The highest BCUT2D eigenvalue weighted by atomic mass is 19.1. The first kappa shape index (κ1) is 13.3. The Morgan fingerprint density at radius 1 is 1.24 bits per heavy atom. The molecule has 6 heteroatoms. The van der Waals surface area contributed by atoms with Crippen LogP contribution < -0.4 is 5.32 Å². The van der Waals surface area contributed by atoms with Crippen molar-refractivity contribution in [1.29, 1.82) is 0 Å². The smallest absolute Gasteiger partial charge is 0.326 e. The summed E-state index contributed by atoms with van der Waals surface area (Å²) in [5, 5.41) is 11.1. The highest BCUT2D eigenvalue weighted by molar-refractivity contribution is 5.77. The molecule has 0 aliphatic rings. The van der Waals surface area contributed by atoms with Crippen LogP contribution in [-0.2, 0) is 4.79 Å². The minimum atomic E-state index is -1.23. The highest BCUT2D eigenvalue weighted by Gasteiger charge is 2.24. The highest BCUT2D eigenvalue weighted by Crippen LogP contribution is 2.22. The standard InChI is InChI=1S/C11H12F3NO2/c1-5(2)9(11(16)17)15-10-7(13)3-6(12)4-8(10)14/h3-5,9,15H,1-2H3,(H,16,17). The summed E-state index contributed by atoms with van der Waals surface area (Å²) in [6, 6.07) is -0.167. The molecule has 0 aliphatic heterocycles. The number of nitrogens with one attached hydrogen (secondary N) is 1. The average Bonchev–Trinajstić information content (AvgIpc) is 2.14. The predicted molar refractivity (Wildman–Crippen MR) is 56.2 cm³/mol. The van der Waals surface area contributed by atoms with Crippen molar-refractivity contribution in [2.75, 3.05) is 5.32 Å². The molecular formula is C11H12F3NO2. The van der Waals surface area contributed by atoms with E-state index in [1.807, 2.05) is 0 Å². The van der Waals surface area contributed by atoms with Gasteiger partial charge in [-0.1, -0.05) is 13.8 Å². The molecule has 1 unspecified atom stereocenters. The fourth-order valence-corrected chi connectivity index (χ4v) is 1.35. The number of halogens is 3. The largest absolute Gasteiger partial charge is 0.480 e. The second-order valence-electron chi connectivity index (χ2n) is 3.95. The van der Waals surface area contributed by atoms with Crippen LogP contribution in [0.2, 0.25) is 0 Å². The third kappa shape index (κ3) is 3.12. The van der Waals surface area contributed by atoms with E-state index in [1.165, 1.54) is 0 Å². The minimum absolute atomic E-state index is 0.378. The van der Waals surface area contributed by atoms with Crippen molar-refractivity contribution in [3.05, 3.63) is 29.6 Å². The fourth-order valence-electron chi connectivity index (χ4n) is 1.35. The zero-order valence-corrected chi connectivity index (χ0v) is 9.30. The van der Waals surface area contributed by atoms with Crippen LogP contribution in [-0.4, -0.2) is 17.1 Å².